The molecule has 0 radical (unpaired) electrons. The van der Waals surface area contributed by atoms with Crippen LogP contribution in [0, 0.1) is 5.82 Å². The molecule has 0 amide bonds. The zero-order chi connectivity index (χ0) is 9.47. The Morgan fingerprint density at radius 1 is 1.15 bits per heavy atom. The molecule has 3 heteroatoms. The minimum atomic E-state index is -2.61. The van der Waals surface area contributed by atoms with Crippen molar-refractivity contribution < 1.29 is 13.2 Å². The Hall–Kier alpha value is -0.990. The molecule has 0 aliphatic heterocycles. The first-order chi connectivity index (χ1) is 6.07. The average molecular weight is 186 g/mol. The van der Waals surface area contributed by atoms with Crippen molar-refractivity contribution in [2.24, 2.45) is 0 Å². The van der Waals surface area contributed by atoms with Crippen molar-refractivity contribution >= 4 is 0 Å². The van der Waals surface area contributed by atoms with Crippen LogP contribution in [0.4, 0.5) is 13.2 Å². The molecule has 0 saturated heterocycles. The number of benzene rings is 1. The van der Waals surface area contributed by atoms with Crippen molar-refractivity contribution in [2.45, 2.75) is 25.2 Å². The minimum Gasteiger partial charge on any atom is -0.207 e. The van der Waals surface area contributed by atoms with Crippen LogP contribution in [0.1, 0.15) is 17.5 Å². The van der Waals surface area contributed by atoms with Gasteiger partial charge in [0.15, 0.2) is 0 Å². The fourth-order valence-corrected chi connectivity index (χ4v) is 1.68. The standard InChI is InChI=1S/C10H9F3/c11-9-2-1-8-6-10(12,13)4-3-7(8)5-9/h1-2,5H,3-4,6H2. The van der Waals surface area contributed by atoms with Crippen LogP contribution in [0.15, 0.2) is 18.2 Å². The number of hydrogen-bond donors (Lipinski definition) is 0. The van der Waals surface area contributed by atoms with Crippen LogP contribution in [0.5, 0.6) is 0 Å². The molecule has 1 aromatic carbocycles. The van der Waals surface area contributed by atoms with Crippen LogP contribution in [0.25, 0.3) is 0 Å². The zero-order valence-corrected chi connectivity index (χ0v) is 6.99. The predicted molar refractivity (Wildman–Crippen MR) is 43.4 cm³/mol. The summed E-state index contributed by atoms with van der Waals surface area (Å²) in [5.41, 5.74) is 1.31. The van der Waals surface area contributed by atoms with E-state index in [0.717, 1.165) is 5.56 Å². The smallest absolute Gasteiger partial charge is 0.207 e. The Balaban J connectivity index is 2.37. The summed E-state index contributed by atoms with van der Waals surface area (Å²) in [6.45, 7) is 0. The molecule has 0 atom stereocenters. The molecule has 2 rings (SSSR count). The molecule has 70 valence electrons. The lowest BCUT2D eigenvalue weighted by Gasteiger charge is -2.23. The third-order valence-electron chi connectivity index (χ3n) is 2.38. The van der Waals surface area contributed by atoms with Gasteiger partial charge in [0, 0.05) is 12.8 Å². The van der Waals surface area contributed by atoms with Gasteiger partial charge in [-0.1, -0.05) is 6.07 Å². The summed E-state index contributed by atoms with van der Waals surface area (Å²) in [6, 6.07) is 4.04. The highest BCUT2D eigenvalue weighted by molar-refractivity contribution is 5.31. The summed E-state index contributed by atoms with van der Waals surface area (Å²) in [4.78, 5) is 0. The SMILES string of the molecule is Fc1ccc2c(c1)CCC(F)(F)C2. The van der Waals surface area contributed by atoms with E-state index in [-0.39, 0.29) is 25.1 Å². The van der Waals surface area contributed by atoms with Gasteiger partial charge >= 0.3 is 0 Å². The summed E-state index contributed by atoms with van der Waals surface area (Å²) < 4.78 is 38.5. The molecule has 0 bridgehead atoms. The summed E-state index contributed by atoms with van der Waals surface area (Å²) in [5, 5.41) is 0. The summed E-state index contributed by atoms with van der Waals surface area (Å²) >= 11 is 0. The van der Waals surface area contributed by atoms with E-state index in [0.29, 0.717) is 5.56 Å². The van der Waals surface area contributed by atoms with E-state index < -0.39 is 5.92 Å². The molecule has 1 aromatic rings. The van der Waals surface area contributed by atoms with Gasteiger partial charge in [-0.05, 0) is 29.7 Å². The molecule has 0 N–H and O–H groups in total. The molecule has 0 saturated carbocycles. The van der Waals surface area contributed by atoms with Crippen molar-refractivity contribution in [2.75, 3.05) is 0 Å². The molecule has 0 fully saturated rings. The second-order valence-electron chi connectivity index (χ2n) is 3.45. The van der Waals surface area contributed by atoms with Gasteiger partial charge in [-0.3, -0.25) is 0 Å². The summed E-state index contributed by atoms with van der Waals surface area (Å²) in [5.74, 6) is -2.95. The molecule has 0 heterocycles. The normalized spacial score (nSPS) is 19.6. The van der Waals surface area contributed by atoms with E-state index in [4.69, 9.17) is 0 Å². The molecule has 0 unspecified atom stereocenters. The van der Waals surface area contributed by atoms with E-state index in [1.165, 1.54) is 18.2 Å². The predicted octanol–water partition coefficient (Wildman–Crippen LogP) is 2.95. The quantitative estimate of drug-likeness (QED) is 0.584. The number of aryl methyl sites for hydroxylation is 1. The van der Waals surface area contributed by atoms with Crippen molar-refractivity contribution in [3.63, 3.8) is 0 Å². The lowest BCUT2D eigenvalue weighted by atomic mass is 9.89. The van der Waals surface area contributed by atoms with Gasteiger partial charge in [0.05, 0.1) is 0 Å². The lowest BCUT2D eigenvalue weighted by Crippen LogP contribution is -2.25. The molecular weight excluding hydrogens is 177 g/mol. The van der Waals surface area contributed by atoms with Crippen molar-refractivity contribution in [3.8, 4) is 0 Å². The van der Waals surface area contributed by atoms with Crippen molar-refractivity contribution in [3.05, 3.63) is 35.1 Å². The third-order valence-corrected chi connectivity index (χ3v) is 2.38. The van der Waals surface area contributed by atoms with Crippen LogP contribution in [0.2, 0.25) is 0 Å². The maximum absolute atomic E-state index is 12.9. The Kier molecular flexibility index (Phi) is 1.82. The molecule has 1 aliphatic rings. The highest BCUT2D eigenvalue weighted by Crippen LogP contribution is 2.32. The van der Waals surface area contributed by atoms with Crippen LogP contribution in [-0.2, 0) is 12.8 Å². The second kappa shape index (κ2) is 2.76. The molecule has 0 spiro atoms. The van der Waals surface area contributed by atoms with Gasteiger partial charge < -0.3 is 0 Å². The third kappa shape index (κ3) is 1.69. The first-order valence-corrected chi connectivity index (χ1v) is 4.22. The Labute approximate surface area is 74.4 Å². The number of fused-ring (bicyclic) bond motifs is 1. The highest BCUT2D eigenvalue weighted by Gasteiger charge is 2.33. The highest BCUT2D eigenvalue weighted by atomic mass is 19.3. The lowest BCUT2D eigenvalue weighted by molar-refractivity contribution is -0.0122. The molecular formula is C10H9F3. The molecule has 0 aromatic heterocycles. The largest absolute Gasteiger partial charge is 0.252 e. The van der Waals surface area contributed by atoms with Gasteiger partial charge in [0.25, 0.3) is 5.92 Å². The number of halogens is 3. The fourth-order valence-electron chi connectivity index (χ4n) is 1.68. The summed E-state index contributed by atoms with van der Waals surface area (Å²) in [6.07, 6.45) is -0.133. The van der Waals surface area contributed by atoms with Crippen molar-refractivity contribution in [1.29, 1.82) is 0 Å². The Bertz CT molecular complexity index is 331. The van der Waals surface area contributed by atoms with E-state index in [1.54, 1.807) is 0 Å². The Morgan fingerprint density at radius 2 is 1.92 bits per heavy atom. The Morgan fingerprint density at radius 3 is 2.69 bits per heavy atom. The molecule has 13 heavy (non-hydrogen) atoms. The molecule has 1 aliphatic carbocycles. The maximum atomic E-state index is 12.9. The van der Waals surface area contributed by atoms with E-state index in [9.17, 15) is 13.2 Å². The van der Waals surface area contributed by atoms with E-state index in [1.807, 2.05) is 0 Å². The number of hydrogen-bond acceptors (Lipinski definition) is 0. The first kappa shape index (κ1) is 8.60. The van der Waals surface area contributed by atoms with Crippen LogP contribution < -0.4 is 0 Å². The summed E-state index contributed by atoms with van der Waals surface area (Å²) in [7, 11) is 0. The van der Waals surface area contributed by atoms with Crippen LogP contribution in [-0.4, -0.2) is 5.92 Å². The monoisotopic (exact) mass is 186 g/mol. The van der Waals surface area contributed by atoms with E-state index in [2.05, 4.69) is 0 Å². The molecule has 0 nitrogen and oxygen atoms in total. The average Bonchev–Trinajstić information content (AvgIpc) is 2.05. The van der Waals surface area contributed by atoms with Crippen molar-refractivity contribution in [1.82, 2.24) is 0 Å². The minimum absolute atomic E-state index is 0.163. The fraction of sp³-hybridized carbons (Fsp3) is 0.400. The second-order valence-corrected chi connectivity index (χ2v) is 3.45. The van der Waals surface area contributed by atoms with Gasteiger partial charge in [-0.15, -0.1) is 0 Å². The van der Waals surface area contributed by atoms with Gasteiger partial charge in [-0.25, -0.2) is 13.2 Å². The number of alkyl halides is 2. The first-order valence-electron chi connectivity index (χ1n) is 4.22. The van der Waals surface area contributed by atoms with Gasteiger partial charge in [0.1, 0.15) is 5.82 Å². The van der Waals surface area contributed by atoms with Gasteiger partial charge in [0.2, 0.25) is 0 Å². The van der Waals surface area contributed by atoms with Crippen LogP contribution in [0.3, 0.4) is 0 Å². The number of rotatable bonds is 0. The maximum Gasteiger partial charge on any atom is 0.252 e. The zero-order valence-electron chi connectivity index (χ0n) is 6.99. The topological polar surface area (TPSA) is 0 Å². The van der Waals surface area contributed by atoms with Crippen LogP contribution >= 0.6 is 0 Å². The van der Waals surface area contributed by atoms with E-state index >= 15 is 0 Å². The van der Waals surface area contributed by atoms with Gasteiger partial charge in [-0.2, -0.15) is 0 Å².